The Balaban J connectivity index is 1.51. The van der Waals surface area contributed by atoms with Gasteiger partial charge in [-0.15, -0.1) is 0 Å². The Labute approximate surface area is 229 Å². The van der Waals surface area contributed by atoms with Crippen molar-refractivity contribution in [3.8, 4) is 0 Å². The van der Waals surface area contributed by atoms with E-state index in [0.29, 0.717) is 34.3 Å². The SMILES string of the molecule is Cc1cnc(Nc2ccc(C3CCN(C)CC3)c(F)n2)nc1Cc1ccc(Cl)c(CS(=O)(=O)C(C)(C)C)c1. The first-order valence-electron chi connectivity index (χ1n) is 12.8. The van der Waals surface area contributed by atoms with E-state index in [2.05, 4.69) is 32.2 Å². The Morgan fingerprint density at radius 3 is 2.50 bits per heavy atom. The molecule has 1 aliphatic heterocycles. The van der Waals surface area contributed by atoms with Gasteiger partial charge >= 0.3 is 0 Å². The van der Waals surface area contributed by atoms with Crippen molar-refractivity contribution in [1.29, 1.82) is 0 Å². The number of hydrogen-bond acceptors (Lipinski definition) is 7. The van der Waals surface area contributed by atoms with Crippen molar-refractivity contribution < 1.29 is 12.8 Å². The van der Waals surface area contributed by atoms with Crippen LogP contribution in [0.2, 0.25) is 5.02 Å². The molecule has 1 fully saturated rings. The number of piperidine rings is 1. The van der Waals surface area contributed by atoms with Gasteiger partial charge in [-0.25, -0.2) is 23.4 Å². The molecule has 10 heteroatoms. The number of hydrogen-bond donors (Lipinski definition) is 1. The standard InChI is InChI=1S/C28H35ClFN5O2S/c1-18-16-31-27(34-25-9-7-22(26(30)33-25)20-10-12-35(5)13-11-20)32-24(18)15-19-6-8-23(29)21(14-19)17-38(36,37)28(2,3)4/h6-9,14,16,20H,10-13,15,17H2,1-5H3,(H,31,32,33,34). The van der Waals surface area contributed by atoms with Gasteiger partial charge in [0.25, 0.3) is 0 Å². The highest BCUT2D eigenvalue weighted by atomic mass is 35.5. The van der Waals surface area contributed by atoms with Crippen LogP contribution in [-0.4, -0.2) is 53.2 Å². The third-order valence-corrected chi connectivity index (χ3v) is 10.0. The third kappa shape index (κ3) is 6.68. The summed E-state index contributed by atoms with van der Waals surface area (Å²) in [6.07, 6.45) is 4.00. The first-order valence-corrected chi connectivity index (χ1v) is 14.8. The van der Waals surface area contributed by atoms with Gasteiger partial charge in [-0.3, -0.25) is 0 Å². The number of nitrogens with zero attached hydrogens (tertiary/aromatic N) is 4. The predicted octanol–water partition coefficient (Wildman–Crippen LogP) is 5.83. The predicted molar refractivity (Wildman–Crippen MR) is 150 cm³/mol. The Bertz CT molecular complexity index is 1420. The molecule has 0 bridgehead atoms. The van der Waals surface area contributed by atoms with Crippen molar-refractivity contribution in [3.63, 3.8) is 0 Å². The Hall–Kier alpha value is -2.62. The van der Waals surface area contributed by atoms with E-state index >= 15 is 0 Å². The zero-order valence-corrected chi connectivity index (χ0v) is 24.1. The highest BCUT2D eigenvalue weighted by Gasteiger charge is 2.30. The van der Waals surface area contributed by atoms with E-state index in [1.807, 2.05) is 19.1 Å². The summed E-state index contributed by atoms with van der Waals surface area (Å²) < 4.78 is 39.5. The Kier molecular flexibility index (Phi) is 8.40. The minimum Gasteiger partial charge on any atom is -0.309 e. The van der Waals surface area contributed by atoms with Crippen molar-refractivity contribution in [3.05, 3.63) is 75.4 Å². The number of aromatic nitrogens is 3. The number of anilines is 2. The molecule has 1 N–H and O–H groups in total. The maximum absolute atomic E-state index is 14.9. The van der Waals surface area contributed by atoms with E-state index in [-0.39, 0.29) is 11.7 Å². The summed E-state index contributed by atoms with van der Waals surface area (Å²) in [7, 11) is -1.31. The molecule has 0 radical (unpaired) electrons. The number of sulfone groups is 1. The lowest BCUT2D eigenvalue weighted by Crippen LogP contribution is -2.29. The van der Waals surface area contributed by atoms with Crippen LogP contribution in [0, 0.1) is 12.9 Å². The molecule has 7 nitrogen and oxygen atoms in total. The van der Waals surface area contributed by atoms with Gasteiger partial charge < -0.3 is 10.2 Å². The van der Waals surface area contributed by atoms with Crippen LogP contribution in [0.4, 0.5) is 16.2 Å². The maximum Gasteiger partial charge on any atom is 0.228 e. The van der Waals surface area contributed by atoms with Crippen LogP contribution in [0.3, 0.4) is 0 Å². The number of nitrogens with one attached hydrogen (secondary N) is 1. The fourth-order valence-electron chi connectivity index (χ4n) is 4.43. The summed E-state index contributed by atoms with van der Waals surface area (Å²) in [5.74, 6) is 0.237. The molecule has 0 spiro atoms. The monoisotopic (exact) mass is 559 g/mol. The molecule has 0 atom stereocenters. The van der Waals surface area contributed by atoms with E-state index in [1.54, 1.807) is 45.2 Å². The van der Waals surface area contributed by atoms with Crippen molar-refractivity contribution in [2.75, 3.05) is 25.5 Å². The van der Waals surface area contributed by atoms with E-state index in [0.717, 1.165) is 42.8 Å². The van der Waals surface area contributed by atoms with Gasteiger partial charge in [0.1, 0.15) is 5.82 Å². The van der Waals surface area contributed by atoms with Gasteiger partial charge in [0, 0.05) is 23.2 Å². The number of halogens is 2. The molecule has 0 aliphatic carbocycles. The third-order valence-electron chi connectivity index (χ3n) is 7.11. The Morgan fingerprint density at radius 2 is 1.84 bits per heavy atom. The zero-order chi connectivity index (χ0) is 27.7. The van der Waals surface area contributed by atoms with Gasteiger partial charge in [0.2, 0.25) is 11.9 Å². The molecular formula is C28H35ClFN5O2S. The topological polar surface area (TPSA) is 88.1 Å². The lowest BCUT2D eigenvalue weighted by molar-refractivity contribution is 0.252. The van der Waals surface area contributed by atoms with E-state index < -0.39 is 20.5 Å². The van der Waals surface area contributed by atoms with Gasteiger partial charge in [0.05, 0.1) is 16.2 Å². The second-order valence-corrected chi connectivity index (χ2v) is 14.2. The van der Waals surface area contributed by atoms with Crippen LogP contribution in [0.25, 0.3) is 0 Å². The minimum atomic E-state index is -3.39. The summed E-state index contributed by atoms with van der Waals surface area (Å²) in [4.78, 5) is 15.4. The molecular weight excluding hydrogens is 525 g/mol. The first-order chi connectivity index (χ1) is 17.8. The van der Waals surface area contributed by atoms with Gasteiger partial charge in [-0.1, -0.05) is 29.8 Å². The molecule has 1 aliphatic rings. The maximum atomic E-state index is 14.9. The fraction of sp³-hybridized carbons (Fsp3) is 0.464. The van der Waals surface area contributed by atoms with E-state index in [1.165, 1.54) is 0 Å². The molecule has 3 aromatic rings. The van der Waals surface area contributed by atoms with Crippen LogP contribution in [0.5, 0.6) is 0 Å². The van der Waals surface area contributed by atoms with Crippen LogP contribution in [-0.2, 0) is 22.0 Å². The largest absolute Gasteiger partial charge is 0.309 e. The second-order valence-electron chi connectivity index (χ2n) is 11.1. The highest BCUT2D eigenvalue weighted by molar-refractivity contribution is 7.91. The zero-order valence-electron chi connectivity index (χ0n) is 22.6. The molecule has 0 saturated carbocycles. The van der Waals surface area contributed by atoms with Gasteiger partial charge in [-0.2, -0.15) is 4.39 Å². The molecule has 38 heavy (non-hydrogen) atoms. The minimum absolute atomic E-state index is 0.135. The van der Waals surface area contributed by atoms with E-state index in [4.69, 9.17) is 11.6 Å². The average molecular weight is 560 g/mol. The molecule has 204 valence electrons. The van der Waals surface area contributed by atoms with Crippen molar-refractivity contribution >= 4 is 33.2 Å². The van der Waals surface area contributed by atoms with Crippen LogP contribution >= 0.6 is 11.6 Å². The molecule has 4 rings (SSSR count). The van der Waals surface area contributed by atoms with Crippen molar-refractivity contribution in [1.82, 2.24) is 19.9 Å². The van der Waals surface area contributed by atoms with Crippen molar-refractivity contribution in [2.24, 2.45) is 0 Å². The van der Waals surface area contributed by atoms with Crippen LogP contribution in [0.1, 0.15) is 67.5 Å². The number of rotatable bonds is 7. The van der Waals surface area contributed by atoms with Crippen molar-refractivity contribution in [2.45, 2.75) is 63.4 Å². The molecule has 0 amide bonds. The Morgan fingerprint density at radius 1 is 1.13 bits per heavy atom. The van der Waals surface area contributed by atoms with Crippen LogP contribution in [0.15, 0.2) is 36.5 Å². The summed E-state index contributed by atoms with van der Waals surface area (Å²) in [5.41, 5.74) is 3.74. The molecule has 1 saturated heterocycles. The first kappa shape index (κ1) is 28.4. The smallest absolute Gasteiger partial charge is 0.228 e. The lowest BCUT2D eigenvalue weighted by atomic mass is 9.90. The van der Waals surface area contributed by atoms with E-state index in [9.17, 15) is 12.8 Å². The number of aryl methyl sites for hydroxylation is 1. The molecule has 0 unspecified atom stereocenters. The second kappa shape index (κ2) is 11.2. The number of benzene rings is 1. The number of pyridine rings is 1. The summed E-state index contributed by atoms with van der Waals surface area (Å²) >= 11 is 6.34. The quantitative estimate of drug-likeness (QED) is 0.364. The summed E-state index contributed by atoms with van der Waals surface area (Å²) in [6, 6.07) is 8.97. The molecule has 2 aromatic heterocycles. The summed E-state index contributed by atoms with van der Waals surface area (Å²) in [5, 5.41) is 3.44. The van der Waals surface area contributed by atoms with Crippen LogP contribution < -0.4 is 5.32 Å². The van der Waals surface area contributed by atoms with Gasteiger partial charge in [0.15, 0.2) is 9.84 Å². The van der Waals surface area contributed by atoms with Gasteiger partial charge in [-0.05, 0) is 95.4 Å². The molecule has 3 heterocycles. The highest BCUT2D eigenvalue weighted by Crippen LogP contribution is 2.30. The fourth-order valence-corrected chi connectivity index (χ4v) is 5.78. The average Bonchev–Trinajstić information content (AvgIpc) is 2.83. The lowest BCUT2D eigenvalue weighted by Gasteiger charge is -2.29. The molecule has 1 aromatic carbocycles. The number of likely N-dealkylation sites (tertiary alicyclic amines) is 1. The normalized spacial score (nSPS) is 15.6. The summed E-state index contributed by atoms with van der Waals surface area (Å²) in [6.45, 7) is 8.86.